The van der Waals surface area contributed by atoms with Crippen LogP contribution in [0.1, 0.15) is 6.42 Å². The zero-order chi connectivity index (χ0) is 5.98. The van der Waals surface area contributed by atoms with Crippen molar-refractivity contribution in [3.63, 3.8) is 0 Å². The Morgan fingerprint density at radius 3 is 2.75 bits per heavy atom. The van der Waals surface area contributed by atoms with Crippen molar-refractivity contribution in [2.24, 2.45) is 5.73 Å². The van der Waals surface area contributed by atoms with Crippen LogP contribution < -0.4 is 5.73 Å². The molecule has 0 unspecified atom stereocenters. The highest BCUT2D eigenvalue weighted by atomic mass is 32.1. The lowest BCUT2D eigenvalue weighted by atomic mass is 10.3. The van der Waals surface area contributed by atoms with Gasteiger partial charge in [-0.1, -0.05) is 0 Å². The van der Waals surface area contributed by atoms with E-state index in [1.807, 2.05) is 0 Å². The van der Waals surface area contributed by atoms with Gasteiger partial charge in [-0.3, -0.25) is 4.90 Å². The van der Waals surface area contributed by atoms with E-state index in [1.54, 1.807) is 0 Å². The highest BCUT2D eigenvalue weighted by Crippen LogP contribution is 2.05. The van der Waals surface area contributed by atoms with Crippen LogP contribution >= 0.6 is 12.6 Å². The average molecular weight is 132 g/mol. The molecule has 1 aliphatic rings. The van der Waals surface area contributed by atoms with Crippen molar-refractivity contribution < 1.29 is 0 Å². The molecule has 48 valence electrons. The molecule has 1 atom stereocenters. The van der Waals surface area contributed by atoms with Crippen LogP contribution in [0.5, 0.6) is 0 Å². The lowest BCUT2D eigenvalue weighted by Crippen LogP contribution is -2.25. The van der Waals surface area contributed by atoms with Crippen LogP contribution in [0.4, 0.5) is 0 Å². The Labute approximate surface area is 55.4 Å². The minimum atomic E-state index is 0.405. The van der Waals surface area contributed by atoms with E-state index in [2.05, 4.69) is 17.5 Å². The Bertz CT molecular complexity index is 76.8. The fourth-order valence-corrected chi connectivity index (χ4v) is 1.25. The van der Waals surface area contributed by atoms with Gasteiger partial charge in [0.25, 0.3) is 0 Å². The molecule has 3 heteroatoms. The fraction of sp³-hybridized carbons (Fsp3) is 1.00. The first kappa shape index (κ1) is 6.39. The standard InChI is InChI=1S/C5H12N2S/c6-5-1-2-7(3-5)4-8/h5,8H,1-4,6H2/t5-/m1/s1. The van der Waals surface area contributed by atoms with Crippen LogP contribution in [-0.4, -0.2) is 29.9 Å². The van der Waals surface area contributed by atoms with Gasteiger partial charge in [-0.2, -0.15) is 12.6 Å². The zero-order valence-corrected chi connectivity index (χ0v) is 5.77. The van der Waals surface area contributed by atoms with Crippen molar-refractivity contribution in [1.29, 1.82) is 0 Å². The maximum Gasteiger partial charge on any atom is 0.0414 e. The number of nitrogens with zero attached hydrogens (tertiary/aromatic N) is 1. The molecule has 2 N–H and O–H groups in total. The molecule has 1 saturated heterocycles. The van der Waals surface area contributed by atoms with Gasteiger partial charge in [0.05, 0.1) is 0 Å². The van der Waals surface area contributed by atoms with E-state index in [0.29, 0.717) is 6.04 Å². The van der Waals surface area contributed by atoms with Crippen molar-refractivity contribution in [1.82, 2.24) is 4.90 Å². The van der Waals surface area contributed by atoms with Crippen LogP contribution in [0.3, 0.4) is 0 Å². The van der Waals surface area contributed by atoms with Crippen LogP contribution in [0, 0.1) is 0 Å². The second-order valence-corrected chi connectivity index (χ2v) is 2.55. The molecule has 0 saturated carbocycles. The van der Waals surface area contributed by atoms with Crippen LogP contribution in [0.15, 0.2) is 0 Å². The van der Waals surface area contributed by atoms with Gasteiger partial charge in [0.2, 0.25) is 0 Å². The van der Waals surface area contributed by atoms with Crippen LogP contribution in [0.25, 0.3) is 0 Å². The van der Waals surface area contributed by atoms with Crippen LogP contribution in [0.2, 0.25) is 0 Å². The molecule has 0 radical (unpaired) electrons. The monoisotopic (exact) mass is 132 g/mol. The molecule has 0 aromatic rings. The highest BCUT2D eigenvalue weighted by Gasteiger charge is 2.16. The third-order valence-electron chi connectivity index (χ3n) is 1.51. The van der Waals surface area contributed by atoms with Gasteiger partial charge in [-0.25, -0.2) is 0 Å². The number of hydrogen-bond donors (Lipinski definition) is 2. The number of nitrogens with two attached hydrogens (primary N) is 1. The molecule has 0 aliphatic carbocycles. The summed E-state index contributed by atoms with van der Waals surface area (Å²) < 4.78 is 0. The molecule has 0 bridgehead atoms. The topological polar surface area (TPSA) is 29.3 Å². The van der Waals surface area contributed by atoms with Crippen molar-refractivity contribution >= 4 is 12.6 Å². The summed E-state index contributed by atoms with van der Waals surface area (Å²) in [6, 6.07) is 0.405. The molecule has 0 aromatic carbocycles. The predicted octanol–water partition coefficient (Wildman–Crippen LogP) is -0.0933. The molecule has 1 heterocycles. The Hall–Kier alpha value is 0.270. The fourth-order valence-electron chi connectivity index (χ4n) is 0.991. The number of likely N-dealkylation sites (tertiary alicyclic amines) is 1. The first-order valence-corrected chi connectivity index (χ1v) is 3.55. The van der Waals surface area contributed by atoms with Crippen molar-refractivity contribution in [2.45, 2.75) is 12.5 Å². The third kappa shape index (κ3) is 1.37. The molecule has 0 amide bonds. The maximum absolute atomic E-state index is 5.63. The van der Waals surface area contributed by atoms with Gasteiger partial charge in [-0.15, -0.1) is 0 Å². The summed E-state index contributed by atoms with van der Waals surface area (Å²) in [4.78, 5) is 2.24. The lowest BCUT2D eigenvalue weighted by Gasteiger charge is -2.08. The molecular weight excluding hydrogens is 120 g/mol. The molecule has 1 fully saturated rings. The van der Waals surface area contributed by atoms with E-state index in [1.165, 1.54) is 0 Å². The van der Waals surface area contributed by atoms with Gasteiger partial charge in [-0.05, 0) is 6.42 Å². The summed E-state index contributed by atoms with van der Waals surface area (Å²) >= 11 is 4.13. The minimum absolute atomic E-state index is 0.405. The number of rotatable bonds is 1. The molecule has 0 spiro atoms. The SMILES string of the molecule is N[C@@H]1CCN(CS)C1. The van der Waals surface area contributed by atoms with E-state index in [4.69, 9.17) is 5.73 Å². The Kier molecular flexibility index (Phi) is 2.16. The second kappa shape index (κ2) is 2.71. The number of hydrogen-bond acceptors (Lipinski definition) is 3. The first-order chi connectivity index (χ1) is 3.83. The number of thiol groups is 1. The van der Waals surface area contributed by atoms with Crippen molar-refractivity contribution in [3.05, 3.63) is 0 Å². The quantitative estimate of drug-likeness (QED) is 0.488. The molecule has 0 aromatic heterocycles. The Balaban J connectivity index is 2.22. The van der Waals surface area contributed by atoms with Crippen LogP contribution in [-0.2, 0) is 0 Å². The Morgan fingerprint density at radius 2 is 2.50 bits per heavy atom. The summed E-state index contributed by atoms with van der Waals surface area (Å²) in [5.74, 6) is 0.855. The van der Waals surface area contributed by atoms with E-state index in [9.17, 15) is 0 Å². The van der Waals surface area contributed by atoms with E-state index in [0.717, 1.165) is 25.4 Å². The average Bonchev–Trinajstić information content (AvgIpc) is 2.14. The van der Waals surface area contributed by atoms with Crippen molar-refractivity contribution in [3.8, 4) is 0 Å². The zero-order valence-electron chi connectivity index (χ0n) is 4.88. The Morgan fingerprint density at radius 1 is 1.75 bits per heavy atom. The predicted molar refractivity (Wildman–Crippen MR) is 38.0 cm³/mol. The molecule has 1 aliphatic heterocycles. The first-order valence-electron chi connectivity index (χ1n) is 2.91. The highest BCUT2D eigenvalue weighted by molar-refractivity contribution is 7.80. The van der Waals surface area contributed by atoms with Gasteiger partial charge < -0.3 is 5.73 Å². The summed E-state index contributed by atoms with van der Waals surface area (Å²) in [6.45, 7) is 2.16. The molecule has 2 nitrogen and oxygen atoms in total. The smallest absolute Gasteiger partial charge is 0.0414 e. The third-order valence-corrected chi connectivity index (χ3v) is 1.91. The summed E-state index contributed by atoms with van der Waals surface area (Å²) in [7, 11) is 0. The summed E-state index contributed by atoms with van der Waals surface area (Å²) in [5, 5.41) is 0. The second-order valence-electron chi connectivity index (χ2n) is 2.27. The molecule has 1 rings (SSSR count). The van der Waals surface area contributed by atoms with Gasteiger partial charge in [0.1, 0.15) is 0 Å². The normalized spacial score (nSPS) is 31.5. The summed E-state index contributed by atoms with van der Waals surface area (Å²) in [6.07, 6.45) is 1.14. The van der Waals surface area contributed by atoms with Gasteiger partial charge in [0, 0.05) is 25.0 Å². The van der Waals surface area contributed by atoms with E-state index >= 15 is 0 Å². The van der Waals surface area contributed by atoms with Gasteiger partial charge in [0.15, 0.2) is 0 Å². The minimum Gasteiger partial charge on any atom is -0.326 e. The van der Waals surface area contributed by atoms with E-state index in [-0.39, 0.29) is 0 Å². The molecular formula is C5H12N2S. The summed E-state index contributed by atoms with van der Waals surface area (Å²) in [5.41, 5.74) is 5.63. The van der Waals surface area contributed by atoms with Crippen molar-refractivity contribution in [2.75, 3.05) is 19.0 Å². The lowest BCUT2D eigenvalue weighted by molar-refractivity contribution is 0.396. The molecule has 8 heavy (non-hydrogen) atoms. The largest absolute Gasteiger partial charge is 0.326 e. The van der Waals surface area contributed by atoms with Gasteiger partial charge >= 0.3 is 0 Å². The van der Waals surface area contributed by atoms with E-state index < -0.39 is 0 Å². The maximum atomic E-state index is 5.63.